The molecule has 0 bridgehead atoms. The molecule has 6 nitrogen and oxygen atoms in total. The van der Waals surface area contributed by atoms with Crippen LogP contribution in [0, 0.1) is 5.92 Å². The fourth-order valence-corrected chi connectivity index (χ4v) is 4.06. The number of hydrogen-bond donors (Lipinski definition) is 1. The standard InChI is InChI=1S/C19H28N4O2/c1-20-11-13-23-17-8-12-22(14-16(17)3-5-19(23)25)18(24)4-2-15-6-9-21-10-7-15/h6-7,9-10,16-17,20H,2-5,8,11-14H2,1H3. The van der Waals surface area contributed by atoms with Crippen LogP contribution >= 0.6 is 0 Å². The number of likely N-dealkylation sites (tertiary alicyclic amines) is 2. The maximum Gasteiger partial charge on any atom is 0.222 e. The molecule has 25 heavy (non-hydrogen) atoms. The second-order valence-electron chi connectivity index (χ2n) is 7.04. The van der Waals surface area contributed by atoms with Gasteiger partial charge in [-0.25, -0.2) is 0 Å². The van der Waals surface area contributed by atoms with Crippen molar-refractivity contribution in [3.05, 3.63) is 30.1 Å². The van der Waals surface area contributed by atoms with Gasteiger partial charge in [0.05, 0.1) is 0 Å². The lowest BCUT2D eigenvalue weighted by Crippen LogP contribution is -2.57. The first-order chi connectivity index (χ1) is 12.2. The van der Waals surface area contributed by atoms with Crippen molar-refractivity contribution < 1.29 is 9.59 Å². The summed E-state index contributed by atoms with van der Waals surface area (Å²) in [5.41, 5.74) is 1.15. The van der Waals surface area contributed by atoms with Crippen molar-refractivity contribution in [2.75, 3.05) is 33.2 Å². The van der Waals surface area contributed by atoms with Crippen molar-refractivity contribution in [2.45, 2.75) is 38.1 Å². The summed E-state index contributed by atoms with van der Waals surface area (Å²) in [7, 11) is 1.91. The van der Waals surface area contributed by atoms with E-state index in [9.17, 15) is 9.59 Å². The minimum Gasteiger partial charge on any atom is -0.342 e. The molecule has 2 aliphatic rings. The first kappa shape index (κ1) is 17.9. The van der Waals surface area contributed by atoms with Gasteiger partial charge in [-0.1, -0.05) is 0 Å². The second kappa shape index (κ2) is 8.43. The van der Waals surface area contributed by atoms with Crippen LogP contribution in [0.4, 0.5) is 0 Å². The van der Waals surface area contributed by atoms with E-state index in [0.29, 0.717) is 24.8 Å². The molecule has 0 aliphatic carbocycles. The van der Waals surface area contributed by atoms with Gasteiger partial charge in [-0.3, -0.25) is 14.6 Å². The van der Waals surface area contributed by atoms with Crippen LogP contribution in [0.25, 0.3) is 0 Å². The molecule has 0 radical (unpaired) electrons. The van der Waals surface area contributed by atoms with Crippen LogP contribution in [0.3, 0.4) is 0 Å². The topological polar surface area (TPSA) is 65.5 Å². The number of amides is 2. The fourth-order valence-electron chi connectivity index (χ4n) is 4.06. The molecule has 2 unspecified atom stereocenters. The first-order valence-electron chi connectivity index (χ1n) is 9.30. The number of likely N-dealkylation sites (N-methyl/N-ethyl adjacent to an activating group) is 1. The summed E-state index contributed by atoms with van der Waals surface area (Å²) in [5, 5.41) is 3.13. The lowest BCUT2D eigenvalue weighted by Gasteiger charge is -2.47. The molecule has 3 rings (SSSR count). The Kier molecular flexibility index (Phi) is 6.02. The van der Waals surface area contributed by atoms with E-state index in [1.165, 1.54) is 0 Å². The summed E-state index contributed by atoms with van der Waals surface area (Å²) in [5.74, 6) is 0.927. The largest absolute Gasteiger partial charge is 0.342 e. The zero-order valence-corrected chi connectivity index (χ0v) is 15.0. The predicted molar refractivity (Wildman–Crippen MR) is 95.9 cm³/mol. The predicted octanol–water partition coefficient (Wildman–Crippen LogP) is 1.07. The second-order valence-corrected chi connectivity index (χ2v) is 7.04. The van der Waals surface area contributed by atoms with E-state index < -0.39 is 0 Å². The molecule has 2 fully saturated rings. The van der Waals surface area contributed by atoms with Crippen molar-refractivity contribution >= 4 is 11.8 Å². The van der Waals surface area contributed by atoms with E-state index in [0.717, 1.165) is 51.0 Å². The molecule has 1 aromatic rings. The molecule has 2 amide bonds. The molecule has 2 aliphatic heterocycles. The number of fused-ring (bicyclic) bond motifs is 1. The third kappa shape index (κ3) is 4.37. The molecule has 1 N–H and O–H groups in total. The van der Waals surface area contributed by atoms with Gasteiger partial charge < -0.3 is 15.1 Å². The van der Waals surface area contributed by atoms with Gasteiger partial charge in [0.25, 0.3) is 0 Å². The smallest absolute Gasteiger partial charge is 0.222 e. The van der Waals surface area contributed by atoms with Gasteiger partial charge in [0.15, 0.2) is 0 Å². The van der Waals surface area contributed by atoms with Crippen molar-refractivity contribution in [3.8, 4) is 0 Å². The molecule has 6 heteroatoms. The van der Waals surface area contributed by atoms with Gasteiger partial charge in [-0.2, -0.15) is 0 Å². The Morgan fingerprint density at radius 1 is 1.32 bits per heavy atom. The minimum absolute atomic E-state index is 0.230. The average Bonchev–Trinajstić information content (AvgIpc) is 2.66. The van der Waals surface area contributed by atoms with E-state index in [-0.39, 0.29) is 11.8 Å². The molecule has 2 atom stereocenters. The quantitative estimate of drug-likeness (QED) is 0.838. The summed E-state index contributed by atoms with van der Waals surface area (Å²) in [6, 6.07) is 4.23. The number of piperidine rings is 2. The van der Waals surface area contributed by atoms with Crippen molar-refractivity contribution in [2.24, 2.45) is 5.92 Å². The summed E-state index contributed by atoms with van der Waals surface area (Å²) in [6.45, 7) is 3.15. The third-order valence-corrected chi connectivity index (χ3v) is 5.48. The zero-order valence-electron chi connectivity index (χ0n) is 15.0. The van der Waals surface area contributed by atoms with Gasteiger partial charge >= 0.3 is 0 Å². The Labute approximate surface area is 149 Å². The van der Waals surface area contributed by atoms with E-state index >= 15 is 0 Å². The highest BCUT2D eigenvalue weighted by molar-refractivity contribution is 5.78. The summed E-state index contributed by atoms with van der Waals surface area (Å²) >= 11 is 0. The number of aromatic nitrogens is 1. The van der Waals surface area contributed by atoms with E-state index in [1.54, 1.807) is 12.4 Å². The fraction of sp³-hybridized carbons (Fsp3) is 0.632. The number of aryl methyl sites for hydroxylation is 1. The van der Waals surface area contributed by atoms with Crippen LogP contribution in [-0.2, 0) is 16.0 Å². The van der Waals surface area contributed by atoms with Crippen molar-refractivity contribution in [1.29, 1.82) is 0 Å². The van der Waals surface area contributed by atoms with Gasteiger partial charge in [0.2, 0.25) is 11.8 Å². The highest BCUT2D eigenvalue weighted by atomic mass is 16.2. The van der Waals surface area contributed by atoms with Crippen molar-refractivity contribution in [1.82, 2.24) is 20.1 Å². The van der Waals surface area contributed by atoms with Crippen LogP contribution < -0.4 is 5.32 Å². The Morgan fingerprint density at radius 2 is 2.12 bits per heavy atom. The van der Waals surface area contributed by atoms with Gasteiger partial charge in [-0.15, -0.1) is 0 Å². The average molecular weight is 344 g/mol. The van der Waals surface area contributed by atoms with Crippen LogP contribution in [0.2, 0.25) is 0 Å². The molecule has 136 valence electrons. The number of pyridine rings is 1. The zero-order chi connectivity index (χ0) is 17.6. The Hall–Kier alpha value is -1.95. The van der Waals surface area contributed by atoms with Crippen LogP contribution in [0.1, 0.15) is 31.2 Å². The minimum atomic E-state index is 0.230. The summed E-state index contributed by atoms with van der Waals surface area (Å²) in [6.07, 6.45) is 7.27. The Morgan fingerprint density at radius 3 is 2.88 bits per heavy atom. The lowest BCUT2D eigenvalue weighted by molar-refractivity contribution is -0.144. The molecule has 0 saturated carbocycles. The van der Waals surface area contributed by atoms with Crippen LogP contribution in [0.15, 0.2) is 24.5 Å². The molecular weight excluding hydrogens is 316 g/mol. The molecule has 3 heterocycles. The normalized spacial score (nSPS) is 23.5. The number of carbonyl (C=O) groups excluding carboxylic acids is 2. The highest BCUT2D eigenvalue weighted by Crippen LogP contribution is 2.31. The van der Waals surface area contributed by atoms with Crippen LogP contribution in [-0.4, -0.2) is 65.9 Å². The number of hydrogen-bond acceptors (Lipinski definition) is 4. The lowest BCUT2D eigenvalue weighted by atomic mass is 9.83. The van der Waals surface area contributed by atoms with E-state index in [2.05, 4.69) is 10.3 Å². The third-order valence-electron chi connectivity index (χ3n) is 5.48. The van der Waals surface area contributed by atoms with Gasteiger partial charge in [0, 0.05) is 57.5 Å². The van der Waals surface area contributed by atoms with Gasteiger partial charge in [-0.05, 0) is 49.9 Å². The molecular formula is C19H28N4O2. The molecule has 2 saturated heterocycles. The first-order valence-corrected chi connectivity index (χ1v) is 9.30. The molecule has 1 aromatic heterocycles. The number of nitrogens with one attached hydrogen (secondary N) is 1. The maximum absolute atomic E-state index is 12.6. The SMILES string of the molecule is CNCCN1C(=O)CCC2CN(C(=O)CCc3ccncc3)CCC21. The number of nitrogens with zero attached hydrogens (tertiary/aromatic N) is 3. The molecule has 0 aromatic carbocycles. The number of rotatable bonds is 6. The Balaban J connectivity index is 1.53. The number of carbonyl (C=O) groups is 2. The van der Waals surface area contributed by atoms with Gasteiger partial charge in [0.1, 0.15) is 0 Å². The molecule has 0 spiro atoms. The van der Waals surface area contributed by atoms with Crippen molar-refractivity contribution in [3.63, 3.8) is 0 Å². The summed E-state index contributed by atoms with van der Waals surface area (Å²) < 4.78 is 0. The van der Waals surface area contributed by atoms with Crippen LogP contribution in [0.5, 0.6) is 0 Å². The monoisotopic (exact) mass is 344 g/mol. The van der Waals surface area contributed by atoms with E-state index in [4.69, 9.17) is 0 Å². The summed E-state index contributed by atoms with van der Waals surface area (Å²) in [4.78, 5) is 32.9. The van der Waals surface area contributed by atoms with E-state index in [1.807, 2.05) is 29.0 Å². The maximum atomic E-state index is 12.6. The highest BCUT2D eigenvalue weighted by Gasteiger charge is 2.39. The Bertz CT molecular complexity index is 592.